The standard InChI is InChI=1S/C12H15NO2S/c14-12(15)11(9-6-7-16-8-9)13-10-4-2-1-3-5-10/h1-5,9,11,13H,6-8H2,(H,14,15). The molecular formula is C12H15NO2S. The fraction of sp³-hybridized carbons (Fsp3) is 0.417. The SMILES string of the molecule is O=C(O)C(Nc1ccccc1)C1CCSC1. The first-order valence-corrected chi connectivity index (χ1v) is 6.55. The summed E-state index contributed by atoms with van der Waals surface area (Å²) < 4.78 is 0. The molecule has 2 unspecified atom stereocenters. The molecule has 1 aliphatic rings. The molecule has 0 spiro atoms. The lowest BCUT2D eigenvalue weighted by atomic mass is 9.99. The van der Waals surface area contributed by atoms with E-state index in [0.717, 1.165) is 23.6 Å². The number of hydrogen-bond acceptors (Lipinski definition) is 3. The number of hydrogen-bond donors (Lipinski definition) is 2. The van der Waals surface area contributed by atoms with E-state index in [1.165, 1.54) is 0 Å². The van der Waals surface area contributed by atoms with E-state index in [1.807, 2.05) is 42.1 Å². The molecule has 0 bridgehead atoms. The van der Waals surface area contributed by atoms with Crippen molar-refractivity contribution in [3.63, 3.8) is 0 Å². The first-order chi connectivity index (χ1) is 7.77. The molecule has 2 rings (SSSR count). The van der Waals surface area contributed by atoms with Gasteiger partial charge in [0.05, 0.1) is 0 Å². The van der Waals surface area contributed by atoms with Gasteiger partial charge in [0.25, 0.3) is 0 Å². The van der Waals surface area contributed by atoms with Crippen LogP contribution in [0.5, 0.6) is 0 Å². The van der Waals surface area contributed by atoms with Gasteiger partial charge in [0.2, 0.25) is 0 Å². The summed E-state index contributed by atoms with van der Waals surface area (Å²) in [6.07, 6.45) is 0.988. The number of nitrogens with one attached hydrogen (secondary N) is 1. The van der Waals surface area contributed by atoms with Crippen LogP contribution in [0.4, 0.5) is 5.69 Å². The molecule has 1 aromatic carbocycles. The van der Waals surface area contributed by atoms with Crippen molar-refractivity contribution < 1.29 is 9.90 Å². The van der Waals surface area contributed by atoms with Gasteiger partial charge in [0.1, 0.15) is 6.04 Å². The summed E-state index contributed by atoms with van der Waals surface area (Å²) in [4.78, 5) is 11.2. The van der Waals surface area contributed by atoms with Crippen molar-refractivity contribution in [1.82, 2.24) is 0 Å². The monoisotopic (exact) mass is 237 g/mol. The van der Waals surface area contributed by atoms with Gasteiger partial charge in [-0.25, -0.2) is 4.79 Å². The number of benzene rings is 1. The molecule has 2 atom stereocenters. The Bertz CT molecular complexity index is 349. The summed E-state index contributed by atoms with van der Waals surface area (Å²) in [7, 11) is 0. The molecule has 2 N–H and O–H groups in total. The molecule has 1 fully saturated rings. The smallest absolute Gasteiger partial charge is 0.326 e. The highest BCUT2D eigenvalue weighted by Crippen LogP contribution is 2.28. The third-order valence-electron chi connectivity index (χ3n) is 2.80. The van der Waals surface area contributed by atoms with E-state index < -0.39 is 12.0 Å². The molecule has 86 valence electrons. The van der Waals surface area contributed by atoms with Gasteiger partial charge in [-0.3, -0.25) is 0 Å². The second-order valence-electron chi connectivity index (χ2n) is 3.95. The van der Waals surface area contributed by atoms with E-state index in [-0.39, 0.29) is 5.92 Å². The lowest BCUT2D eigenvalue weighted by Crippen LogP contribution is -2.36. The highest BCUT2D eigenvalue weighted by Gasteiger charge is 2.30. The van der Waals surface area contributed by atoms with Crippen molar-refractivity contribution in [2.24, 2.45) is 5.92 Å². The van der Waals surface area contributed by atoms with E-state index in [1.54, 1.807) is 0 Å². The maximum absolute atomic E-state index is 11.2. The molecule has 0 aromatic heterocycles. The molecule has 1 heterocycles. The van der Waals surface area contributed by atoms with Crippen LogP contribution in [-0.4, -0.2) is 28.6 Å². The van der Waals surface area contributed by atoms with E-state index in [2.05, 4.69) is 5.32 Å². The fourth-order valence-corrected chi connectivity index (χ4v) is 3.21. The number of rotatable bonds is 4. The van der Waals surface area contributed by atoms with Crippen LogP contribution >= 0.6 is 11.8 Å². The van der Waals surface area contributed by atoms with Crippen LogP contribution in [0, 0.1) is 5.92 Å². The molecule has 3 nitrogen and oxygen atoms in total. The topological polar surface area (TPSA) is 49.3 Å². The van der Waals surface area contributed by atoms with Gasteiger partial charge in [0, 0.05) is 5.69 Å². The average Bonchev–Trinajstić information content (AvgIpc) is 2.80. The molecule has 1 aromatic rings. The van der Waals surface area contributed by atoms with Gasteiger partial charge in [0.15, 0.2) is 0 Å². The molecule has 0 saturated carbocycles. The largest absolute Gasteiger partial charge is 0.480 e. The van der Waals surface area contributed by atoms with Crippen LogP contribution in [-0.2, 0) is 4.79 Å². The minimum atomic E-state index is -0.753. The van der Waals surface area contributed by atoms with Gasteiger partial charge in [-0.05, 0) is 36.0 Å². The third-order valence-corrected chi connectivity index (χ3v) is 3.99. The van der Waals surface area contributed by atoms with E-state index >= 15 is 0 Å². The molecule has 0 amide bonds. The van der Waals surface area contributed by atoms with Gasteiger partial charge < -0.3 is 10.4 Å². The quantitative estimate of drug-likeness (QED) is 0.843. The van der Waals surface area contributed by atoms with E-state index in [4.69, 9.17) is 0 Å². The Balaban J connectivity index is 2.05. The maximum Gasteiger partial charge on any atom is 0.326 e. The molecule has 0 aliphatic carbocycles. The van der Waals surface area contributed by atoms with Crippen molar-refractivity contribution in [1.29, 1.82) is 0 Å². The lowest BCUT2D eigenvalue weighted by Gasteiger charge is -2.21. The molecule has 16 heavy (non-hydrogen) atoms. The summed E-state index contributed by atoms with van der Waals surface area (Å²) in [5.74, 6) is 1.50. The summed E-state index contributed by atoms with van der Waals surface area (Å²) in [6, 6.07) is 9.08. The van der Waals surface area contributed by atoms with Crippen molar-refractivity contribution in [2.75, 3.05) is 16.8 Å². The Morgan fingerprint density at radius 1 is 1.44 bits per heavy atom. The van der Waals surface area contributed by atoms with Crippen LogP contribution < -0.4 is 5.32 Å². The minimum absolute atomic E-state index is 0.239. The number of para-hydroxylation sites is 1. The Kier molecular flexibility index (Phi) is 3.72. The van der Waals surface area contributed by atoms with Crippen LogP contribution in [0.2, 0.25) is 0 Å². The van der Waals surface area contributed by atoms with Gasteiger partial charge in [-0.1, -0.05) is 18.2 Å². The highest BCUT2D eigenvalue weighted by atomic mass is 32.2. The Morgan fingerprint density at radius 2 is 2.19 bits per heavy atom. The summed E-state index contributed by atoms with van der Waals surface area (Å²) >= 11 is 1.84. The minimum Gasteiger partial charge on any atom is -0.480 e. The molecule has 4 heteroatoms. The second-order valence-corrected chi connectivity index (χ2v) is 5.10. The summed E-state index contributed by atoms with van der Waals surface area (Å²) in [6.45, 7) is 0. The van der Waals surface area contributed by atoms with Crippen molar-refractivity contribution >= 4 is 23.4 Å². The van der Waals surface area contributed by atoms with Crippen molar-refractivity contribution in [3.8, 4) is 0 Å². The van der Waals surface area contributed by atoms with Crippen LogP contribution in [0.25, 0.3) is 0 Å². The number of carbonyl (C=O) groups is 1. The summed E-state index contributed by atoms with van der Waals surface area (Å²) in [5, 5.41) is 12.3. The fourth-order valence-electron chi connectivity index (χ4n) is 1.91. The lowest BCUT2D eigenvalue weighted by molar-refractivity contribution is -0.138. The van der Waals surface area contributed by atoms with Crippen LogP contribution in [0.15, 0.2) is 30.3 Å². The predicted octanol–water partition coefficient (Wildman–Crippen LogP) is 2.30. The van der Waals surface area contributed by atoms with Crippen molar-refractivity contribution in [2.45, 2.75) is 12.5 Å². The Morgan fingerprint density at radius 3 is 2.75 bits per heavy atom. The molecular weight excluding hydrogens is 222 g/mol. The number of aliphatic carboxylic acids is 1. The Hall–Kier alpha value is -1.16. The van der Waals surface area contributed by atoms with Crippen LogP contribution in [0.1, 0.15) is 6.42 Å². The zero-order valence-corrected chi connectivity index (χ0v) is 9.74. The zero-order chi connectivity index (χ0) is 11.4. The Labute approximate surface area is 99.2 Å². The number of carboxylic acid groups (broad SMARTS) is 1. The molecule has 1 aliphatic heterocycles. The zero-order valence-electron chi connectivity index (χ0n) is 8.93. The normalized spacial score (nSPS) is 21.6. The third kappa shape index (κ3) is 2.70. The second kappa shape index (κ2) is 5.25. The van der Waals surface area contributed by atoms with Gasteiger partial charge >= 0.3 is 5.97 Å². The van der Waals surface area contributed by atoms with E-state index in [9.17, 15) is 9.90 Å². The number of thioether (sulfide) groups is 1. The average molecular weight is 237 g/mol. The molecule has 1 saturated heterocycles. The van der Waals surface area contributed by atoms with Gasteiger partial charge in [-0.2, -0.15) is 11.8 Å². The van der Waals surface area contributed by atoms with Crippen LogP contribution in [0.3, 0.4) is 0 Å². The summed E-state index contributed by atoms with van der Waals surface area (Å²) in [5.41, 5.74) is 0.881. The maximum atomic E-state index is 11.2. The molecule has 0 radical (unpaired) electrons. The first-order valence-electron chi connectivity index (χ1n) is 5.39. The number of anilines is 1. The van der Waals surface area contributed by atoms with E-state index in [0.29, 0.717) is 0 Å². The highest BCUT2D eigenvalue weighted by molar-refractivity contribution is 7.99. The number of carboxylic acids is 1. The van der Waals surface area contributed by atoms with Crippen molar-refractivity contribution in [3.05, 3.63) is 30.3 Å². The predicted molar refractivity (Wildman–Crippen MR) is 66.9 cm³/mol. The van der Waals surface area contributed by atoms with Gasteiger partial charge in [-0.15, -0.1) is 0 Å². The first kappa shape index (κ1) is 11.3.